The number of alkyl halides is 2. The average molecular weight is 451 g/mol. The van der Waals surface area contributed by atoms with E-state index in [2.05, 4.69) is 0 Å². The molecule has 6 nitrogen and oxygen atoms in total. The van der Waals surface area contributed by atoms with E-state index in [4.69, 9.17) is 9.84 Å². The van der Waals surface area contributed by atoms with Crippen molar-refractivity contribution in [1.82, 2.24) is 14.5 Å². The summed E-state index contributed by atoms with van der Waals surface area (Å²) in [5.41, 5.74) is 3.79. The Labute approximate surface area is 177 Å². The summed E-state index contributed by atoms with van der Waals surface area (Å²) < 4.78 is 71.8. The highest BCUT2D eigenvalue weighted by Crippen LogP contribution is 2.33. The van der Waals surface area contributed by atoms with E-state index >= 15 is 0 Å². The van der Waals surface area contributed by atoms with Gasteiger partial charge in [0.1, 0.15) is 5.82 Å². The maximum Gasteiger partial charge on any atom is 0.251 e. The van der Waals surface area contributed by atoms with Crippen LogP contribution < -0.4 is 4.72 Å². The number of aromatic nitrogens is 2. The Morgan fingerprint density at radius 1 is 1.16 bits per heavy atom. The predicted molar refractivity (Wildman–Crippen MR) is 108 cm³/mol. The first kappa shape index (κ1) is 21.5. The minimum atomic E-state index is -4.04. The van der Waals surface area contributed by atoms with Crippen LogP contribution in [0.15, 0.2) is 53.4 Å². The molecular formula is C21H20F3N3O3S. The molecule has 0 unspecified atom stereocenters. The second-order valence-corrected chi connectivity index (χ2v) is 9.02. The largest absolute Gasteiger partial charge is 0.373 e. The number of sulfonamides is 1. The average Bonchev–Trinajstić information content (AvgIpc) is 3.11. The number of nitrogens with one attached hydrogen (secondary N) is 1. The number of benzene rings is 2. The first-order valence-corrected chi connectivity index (χ1v) is 11.1. The predicted octanol–water partition coefficient (Wildman–Crippen LogP) is 3.68. The van der Waals surface area contributed by atoms with E-state index in [9.17, 15) is 21.6 Å². The quantitative estimate of drug-likeness (QED) is 0.621. The number of fused-ring (bicyclic) bond motifs is 1. The summed E-state index contributed by atoms with van der Waals surface area (Å²) in [5, 5.41) is 4.70. The molecule has 0 radical (unpaired) electrons. The summed E-state index contributed by atoms with van der Waals surface area (Å²) in [7, 11) is -4.04. The van der Waals surface area contributed by atoms with Gasteiger partial charge in [-0.1, -0.05) is 12.1 Å². The highest BCUT2D eigenvalue weighted by atomic mass is 32.2. The summed E-state index contributed by atoms with van der Waals surface area (Å²) in [6.07, 6.45) is -2.17. The Balaban J connectivity index is 1.71. The van der Waals surface area contributed by atoms with Gasteiger partial charge < -0.3 is 4.74 Å². The molecule has 1 atom stereocenters. The zero-order valence-corrected chi connectivity index (χ0v) is 17.4. The van der Waals surface area contributed by atoms with E-state index in [1.807, 2.05) is 11.6 Å². The summed E-state index contributed by atoms with van der Waals surface area (Å²) in [6, 6.07) is 11.8. The molecule has 1 aromatic heterocycles. The van der Waals surface area contributed by atoms with E-state index in [-0.39, 0.29) is 16.8 Å². The first-order chi connectivity index (χ1) is 14.7. The molecule has 0 saturated heterocycles. The number of nitrogens with zero attached hydrogens (tertiary/aromatic N) is 2. The molecule has 1 aliphatic heterocycles. The fraction of sp³-hybridized carbons (Fsp3) is 0.286. The molecule has 0 bridgehead atoms. The molecule has 0 spiro atoms. The third kappa shape index (κ3) is 4.51. The second kappa shape index (κ2) is 8.45. The van der Waals surface area contributed by atoms with E-state index in [1.54, 1.807) is 28.9 Å². The Morgan fingerprint density at radius 3 is 2.48 bits per heavy atom. The summed E-state index contributed by atoms with van der Waals surface area (Å²) in [5.74, 6) is -0.348. The molecule has 1 aliphatic rings. The number of halogens is 3. The van der Waals surface area contributed by atoms with Crippen LogP contribution >= 0.6 is 0 Å². The fourth-order valence-corrected chi connectivity index (χ4v) is 4.49. The van der Waals surface area contributed by atoms with Crippen molar-refractivity contribution in [3.8, 4) is 16.9 Å². The summed E-state index contributed by atoms with van der Waals surface area (Å²) in [6.45, 7) is 1.34. The molecule has 0 fully saturated rings. The van der Waals surface area contributed by atoms with Gasteiger partial charge in [0.2, 0.25) is 10.0 Å². The van der Waals surface area contributed by atoms with Gasteiger partial charge in [-0.2, -0.15) is 5.10 Å². The van der Waals surface area contributed by atoms with Gasteiger partial charge in [0, 0.05) is 17.5 Å². The lowest BCUT2D eigenvalue weighted by atomic mass is 10.0. The van der Waals surface area contributed by atoms with Gasteiger partial charge in [-0.05, 0) is 43.3 Å². The van der Waals surface area contributed by atoms with Crippen molar-refractivity contribution in [2.24, 2.45) is 0 Å². The van der Waals surface area contributed by atoms with Gasteiger partial charge in [-0.3, -0.25) is 0 Å². The molecule has 3 aromatic rings. The van der Waals surface area contributed by atoms with Crippen molar-refractivity contribution < 1.29 is 26.3 Å². The van der Waals surface area contributed by atoms with Crippen LogP contribution in [0.4, 0.5) is 13.2 Å². The highest BCUT2D eigenvalue weighted by Gasteiger charge is 2.26. The molecule has 31 heavy (non-hydrogen) atoms. The molecule has 4 rings (SSSR count). The zero-order chi connectivity index (χ0) is 22.2. The fourth-order valence-electron chi connectivity index (χ4n) is 3.48. The molecule has 2 aromatic carbocycles. The molecule has 0 saturated carbocycles. The number of hydrogen-bond acceptors (Lipinski definition) is 4. The minimum absolute atomic E-state index is 0.00956. The zero-order valence-electron chi connectivity index (χ0n) is 16.6. The monoisotopic (exact) mass is 451 g/mol. The van der Waals surface area contributed by atoms with Crippen LogP contribution in [0.25, 0.3) is 16.9 Å². The van der Waals surface area contributed by atoms with Crippen LogP contribution in [0.5, 0.6) is 0 Å². The summed E-state index contributed by atoms with van der Waals surface area (Å²) >= 11 is 0. The minimum Gasteiger partial charge on any atom is -0.373 e. The second-order valence-electron chi connectivity index (χ2n) is 7.26. The lowest BCUT2D eigenvalue weighted by molar-refractivity contribution is 0.0401. The molecule has 1 N–H and O–H groups in total. The van der Waals surface area contributed by atoms with Gasteiger partial charge in [0.15, 0.2) is 0 Å². The lowest BCUT2D eigenvalue weighted by Crippen LogP contribution is -2.28. The van der Waals surface area contributed by atoms with Gasteiger partial charge in [0.05, 0.1) is 41.2 Å². The van der Waals surface area contributed by atoms with Crippen LogP contribution in [-0.2, 0) is 27.8 Å². The Hall–Kier alpha value is -2.69. The first-order valence-electron chi connectivity index (χ1n) is 9.61. The third-order valence-corrected chi connectivity index (χ3v) is 6.46. The van der Waals surface area contributed by atoms with Gasteiger partial charge >= 0.3 is 0 Å². The highest BCUT2D eigenvalue weighted by molar-refractivity contribution is 7.89. The summed E-state index contributed by atoms with van der Waals surface area (Å²) in [4.78, 5) is -0.117. The van der Waals surface area contributed by atoms with Crippen LogP contribution in [0.1, 0.15) is 18.2 Å². The van der Waals surface area contributed by atoms with Gasteiger partial charge in [-0.15, -0.1) is 0 Å². The van der Waals surface area contributed by atoms with Crippen LogP contribution in [0.3, 0.4) is 0 Å². The van der Waals surface area contributed by atoms with E-state index < -0.39 is 23.0 Å². The number of rotatable bonds is 6. The van der Waals surface area contributed by atoms with Crippen molar-refractivity contribution in [2.75, 3.05) is 6.54 Å². The number of ether oxygens (including phenoxy) is 1. The maximum absolute atomic E-state index is 13.4. The standard InChI is InChI=1S/C21H20F3N3O3S/c1-13-10-19-18(12-30-13)21(26-27(19)16-6-4-15(22)5-7-16)14-2-8-17(9-3-14)31(28,29)25-11-20(23)24/h2-9,13,20,25H,10-12H2,1H3/t13-/m0/s1. The van der Waals surface area contributed by atoms with Crippen molar-refractivity contribution in [1.29, 1.82) is 0 Å². The van der Waals surface area contributed by atoms with E-state index in [0.29, 0.717) is 30.0 Å². The molecule has 0 aliphatic carbocycles. The van der Waals surface area contributed by atoms with Crippen molar-refractivity contribution >= 4 is 10.0 Å². The van der Waals surface area contributed by atoms with E-state index in [1.165, 1.54) is 24.3 Å². The van der Waals surface area contributed by atoms with Crippen LogP contribution in [0.2, 0.25) is 0 Å². The smallest absolute Gasteiger partial charge is 0.251 e. The Bertz CT molecular complexity index is 1180. The normalized spacial score (nSPS) is 16.5. The third-order valence-electron chi connectivity index (χ3n) is 5.02. The van der Waals surface area contributed by atoms with Crippen LogP contribution in [0, 0.1) is 5.82 Å². The maximum atomic E-state index is 13.4. The van der Waals surface area contributed by atoms with Crippen molar-refractivity contribution in [2.45, 2.75) is 37.4 Å². The Kier molecular flexibility index (Phi) is 5.87. The van der Waals surface area contributed by atoms with Gasteiger partial charge in [0.25, 0.3) is 6.43 Å². The molecule has 2 heterocycles. The molecule has 0 amide bonds. The molecule has 164 valence electrons. The van der Waals surface area contributed by atoms with Crippen LogP contribution in [-0.4, -0.2) is 37.3 Å². The van der Waals surface area contributed by atoms with E-state index in [0.717, 1.165) is 11.3 Å². The van der Waals surface area contributed by atoms with Crippen molar-refractivity contribution in [3.63, 3.8) is 0 Å². The van der Waals surface area contributed by atoms with Gasteiger partial charge in [-0.25, -0.2) is 31.0 Å². The van der Waals surface area contributed by atoms with Crippen molar-refractivity contribution in [3.05, 3.63) is 65.6 Å². The molecular weight excluding hydrogens is 431 g/mol. The lowest BCUT2D eigenvalue weighted by Gasteiger charge is -2.21. The number of hydrogen-bond donors (Lipinski definition) is 1. The topological polar surface area (TPSA) is 73.2 Å². The SMILES string of the molecule is C[C@H]1Cc2c(c(-c3ccc(S(=O)(=O)NCC(F)F)cc3)nn2-c2ccc(F)cc2)CO1. The molecule has 10 heteroatoms. The Morgan fingerprint density at radius 2 is 1.84 bits per heavy atom.